The monoisotopic (exact) mass is 460 g/mol. The van der Waals surface area contributed by atoms with Crippen LogP contribution in [0.2, 0.25) is 0 Å². The first-order valence-corrected chi connectivity index (χ1v) is 11.4. The second-order valence-corrected chi connectivity index (χ2v) is 9.04. The van der Waals surface area contributed by atoms with E-state index in [9.17, 15) is 17.6 Å². The summed E-state index contributed by atoms with van der Waals surface area (Å²) in [5, 5.41) is 0. The molecule has 0 fully saturated rings. The van der Waals surface area contributed by atoms with E-state index in [4.69, 9.17) is 9.15 Å². The third-order valence-corrected chi connectivity index (χ3v) is 6.66. The number of hydrogen-bond acceptors (Lipinski definition) is 5. The van der Waals surface area contributed by atoms with Crippen molar-refractivity contribution < 1.29 is 26.8 Å². The number of carbonyl (C=O) groups is 1. The lowest BCUT2D eigenvalue weighted by atomic mass is 10.2. The number of ether oxygens (including phenoxy) is 1. The van der Waals surface area contributed by atoms with Gasteiger partial charge in [0.15, 0.2) is 0 Å². The number of carbonyl (C=O) groups excluding carboxylic acids is 1. The maximum Gasteiger partial charge on any atom is 0.243 e. The third kappa shape index (κ3) is 6.25. The van der Waals surface area contributed by atoms with Crippen molar-refractivity contribution in [3.05, 3.63) is 90.1 Å². The van der Waals surface area contributed by atoms with Gasteiger partial charge < -0.3 is 14.1 Å². The van der Waals surface area contributed by atoms with Crippen LogP contribution in [0.25, 0.3) is 0 Å². The fraction of sp³-hybridized carbons (Fsp3) is 0.261. The van der Waals surface area contributed by atoms with E-state index in [0.29, 0.717) is 11.3 Å². The maximum absolute atomic E-state index is 13.3. The van der Waals surface area contributed by atoms with E-state index in [1.54, 1.807) is 42.5 Å². The van der Waals surface area contributed by atoms with Crippen LogP contribution in [0.3, 0.4) is 0 Å². The van der Waals surface area contributed by atoms with Crippen LogP contribution in [0.15, 0.2) is 82.3 Å². The van der Waals surface area contributed by atoms with Crippen LogP contribution in [-0.4, -0.2) is 50.3 Å². The zero-order valence-electron chi connectivity index (χ0n) is 17.7. The maximum atomic E-state index is 13.3. The average molecular weight is 461 g/mol. The predicted octanol–water partition coefficient (Wildman–Crippen LogP) is 3.28. The largest absolute Gasteiger partial charge is 0.467 e. The number of nitrogens with zero attached hydrogens (tertiary/aromatic N) is 2. The minimum Gasteiger partial charge on any atom is -0.467 e. The number of rotatable bonds is 11. The van der Waals surface area contributed by atoms with Gasteiger partial charge in [0.1, 0.15) is 11.6 Å². The number of amides is 1. The van der Waals surface area contributed by atoms with Gasteiger partial charge in [0.25, 0.3) is 0 Å². The number of halogens is 1. The van der Waals surface area contributed by atoms with E-state index >= 15 is 0 Å². The van der Waals surface area contributed by atoms with Crippen LogP contribution >= 0.6 is 0 Å². The van der Waals surface area contributed by atoms with Crippen molar-refractivity contribution in [3.63, 3.8) is 0 Å². The van der Waals surface area contributed by atoms with Gasteiger partial charge in [-0.05, 0) is 42.0 Å². The Hall–Kier alpha value is -3.01. The lowest BCUT2D eigenvalue weighted by molar-refractivity contribution is -0.133. The topological polar surface area (TPSA) is 80.1 Å². The number of methoxy groups -OCH3 is 1. The molecule has 1 aromatic heterocycles. The number of furan rings is 1. The van der Waals surface area contributed by atoms with Crippen LogP contribution < -0.4 is 0 Å². The van der Waals surface area contributed by atoms with Gasteiger partial charge in [-0.2, -0.15) is 4.31 Å². The molecule has 9 heteroatoms. The fourth-order valence-electron chi connectivity index (χ4n) is 3.10. The van der Waals surface area contributed by atoms with Gasteiger partial charge in [-0.15, -0.1) is 0 Å². The van der Waals surface area contributed by atoms with Gasteiger partial charge >= 0.3 is 0 Å². The first kappa shape index (κ1) is 23.6. The van der Waals surface area contributed by atoms with Crippen LogP contribution in [-0.2, 0) is 32.6 Å². The highest BCUT2D eigenvalue weighted by molar-refractivity contribution is 7.89. The molecule has 0 N–H and O–H groups in total. The third-order valence-electron chi connectivity index (χ3n) is 4.80. The molecule has 0 aliphatic rings. The summed E-state index contributed by atoms with van der Waals surface area (Å²) in [4.78, 5) is 14.8. The highest BCUT2D eigenvalue weighted by Gasteiger charge is 2.28. The normalized spacial score (nSPS) is 11.6. The highest BCUT2D eigenvalue weighted by Crippen LogP contribution is 2.17. The van der Waals surface area contributed by atoms with Gasteiger partial charge in [-0.3, -0.25) is 4.79 Å². The summed E-state index contributed by atoms with van der Waals surface area (Å²) >= 11 is 0. The fourth-order valence-corrected chi connectivity index (χ4v) is 4.50. The van der Waals surface area contributed by atoms with Gasteiger partial charge in [0.05, 0.1) is 30.9 Å². The van der Waals surface area contributed by atoms with E-state index in [2.05, 4.69) is 0 Å². The Kier molecular flexibility index (Phi) is 8.15. The predicted molar refractivity (Wildman–Crippen MR) is 116 cm³/mol. The molecule has 0 spiro atoms. The van der Waals surface area contributed by atoms with Crippen molar-refractivity contribution in [3.8, 4) is 0 Å². The molecule has 1 amide bonds. The van der Waals surface area contributed by atoms with E-state index < -0.39 is 15.9 Å². The Morgan fingerprint density at radius 3 is 2.34 bits per heavy atom. The number of benzene rings is 2. The Bertz CT molecular complexity index is 1090. The van der Waals surface area contributed by atoms with Crippen LogP contribution in [0.5, 0.6) is 0 Å². The van der Waals surface area contributed by atoms with Crippen LogP contribution in [0.4, 0.5) is 4.39 Å². The molecule has 3 aromatic rings. The van der Waals surface area contributed by atoms with Crippen LogP contribution in [0, 0.1) is 5.82 Å². The molecule has 0 atom stereocenters. The average Bonchev–Trinajstić information content (AvgIpc) is 3.31. The molecule has 0 aliphatic heterocycles. The molecule has 0 unspecified atom stereocenters. The van der Waals surface area contributed by atoms with Gasteiger partial charge in [-0.25, -0.2) is 12.8 Å². The minimum atomic E-state index is -3.91. The number of hydrogen-bond donors (Lipinski definition) is 0. The summed E-state index contributed by atoms with van der Waals surface area (Å²) in [6, 6.07) is 17.2. The Balaban J connectivity index is 1.84. The SMILES string of the molecule is COCCN(CC(=O)N(Cc1ccc(F)cc1)Cc1ccco1)S(=O)(=O)c1ccccc1. The summed E-state index contributed by atoms with van der Waals surface area (Å²) < 4.78 is 51.1. The Labute approximate surface area is 187 Å². The van der Waals surface area contributed by atoms with E-state index in [1.807, 2.05) is 0 Å². The molecule has 0 saturated carbocycles. The molecule has 170 valence electrons. The molecule has 3 rings (SSSR count). The smallest absolute Gasteiger partial charge is 0.243 e. The minimum absolute atomic E-state index is 0.0185. The quantitative estimate of drug-likeness (QED) is 0.439. The molecular weight excluding hydrogens is 435 g/mol. The molecule has 0 aliphatic carbocycles. The molecular formula is C23H25FN2O5S. The zero-order valence-corrected chi connectivity index (χ0v) is 18.5. The van der Waals surface area contributed by atoms with E-state index in [-0.39, 0.29) is 43.5 Å². The summed E-state index contributed by atoms with van der Waals surface area (Å²) in [5.41, 5.74) is 0.709. The Morgan fingerprint density at radius 1 is 1.00 bits per heavy atom. The lowest BCUT2D eigenvalue weighted by Crippen LogP contribution is -2.43. The van der Waals surface area contributed by atoms with Crippen molar-refractivity contribution in [1.29, 1.82) is 0 Å². The summed E-state index contributed by atoms with van der Waals surface area (Å²) in [7, 11) is -2.44. The van der Waals surface area contributed by atoms with Gasteiger partial charge in [0, 0.05) is 20.2 Å². The second kappa shape index (κ2) is 11.0. The standard InChI is InChI=1S/C23H25FN2O5S/c1-30-15-13-26(32(28,29)22-7-3-2-4-8-22)18-23(27)25(17-21-6-5-14-31-21)16-19-9-11-20(24)12-10-19/h2-12,14H,13,15-18H2,1H3. The molecule has 2 aromatic carbocycles. The highest BCUT2D eigenvalue weighted by atomic mass is 32.2. The second-order valence-electron chi connectivity index (χ2n) is 7.10. The summed E-state index contributed by atoms with van der Waals surface area (Å²) in [6.07, 6.45) is 1.50. The van der Waals surface area contributed by atoms with E-state index in [1.165, 1.54) is 42.5 Å². The van der Waals surface area contributed by atoms with Crippen molar-refractivity contribution in [2.24, 2.45) is 0 Å². The Morgan fingerprint density at radius 2 is 1.72 bits per heavy atom. The lowest BCUT2D eigenvalue weighted by Gasteiger charge is -2.27. The van der Waals surface area contributed by atoms with Gasteiger partial charge in [-0.1, -0.05) is 30.3 Å². The summed E-state index contributed by atoms with van der Waals surface area (Å²) in [6.45, 7) is 0.0958. The molecule has 7 nitrogen and oxygen atoms in total. The van der Waals surface area contributed by atoms with Crippen molar-refractivity contribution in [2.75, 3.05) is 26.8 Å². The first-order chi connectivity index (χ1) is 15.4. The van der Waals surface area contributed by atoms with Crippen molar-refractivity contribution in [2.45, 2.75) is 18.0 Å². The molecule has 0 saturated heterocycles. The summed E-state index contributed by atoms with van der Waals surface area (Å²) in [5.74, 6) is -0.242. The number of sulfonamides is 1. The molecule has 1 heterocycles. The van der Waals surface area contributed by atoms with E-state index in [0.717, 1.165) is 4.31 Å². The van der Waals surface area contributed by atoms with Gasteiger partial charge in [0.2, 0.25) is 15.9 Å². The van der Waals surface area contributed by atoms with Crippen LogP contribution in [0.1, 0.15) is 11.3 Å². The van der Waals surface area contributed by atoms with Crippen molar-refractivity contribution >= 4 is 15.9 Å². The molecule has 32 heavy (non-hydrogen) atoms. The zero-order chi connectivity index (χ0) is 23.0. The van der Waals surface area contributed by atoms with Crippen molar-refractivity contribution in [1.82, 2.24) is 9.21 Å². The first-order valence-electron chi connectivity index (χ1n) is 9.99. The molecule has 0 bridgehead atoms. The molecule has 0 radical (unpaired) electrons.